The topological polar surface area (TPSA) is 112 Å². The molecule has 0 saturated heterocycles. The average Bonchev–Trinajstić information content (AvgIpc) is 2.44. The Morgan fingerprint density at radius 3 is 1.04 bits per heavy atom. The predicted octanol–water partition coefficient (Wildman–Crippen LogP) is -3.37. The van der Waals surface area contributed by atoms with Gasteiger partial charge in [0.25, 0.3) is 7.82 Å². The van der Waals surface area contributed by atoms with Crippen LogP contribution in [0.1, 0.15) is 79.1 Å². The van der Waals surface area contributed by atoms with Gasteiger partial charge < -0.3 is 41.6 Å². The van der Waals surface area contributed by atoms with Crippen molar-refractivity contribution in [1.29, 1.82) is 0 Å². The van der Waals surface area contributed by atoms with Gasteiger partial charge in [-0.25, -0.2) is 0 Å². The summed E-state index contributed by atoms with van der Waals surface area (Å²) in [5.41, 5.74) is 0. The number of rotatable bonds is 12. The molecule has 0 spiro atoms. The van der Waals surface area contributed by atoms with Crippen molar-refractivity contribution >= 4 is 7.82 Å². The van der Waals surface area contributed by atoms with Gasteiger partial charge >= 0.3 is 51.4 Å². The van der Waals surface area contributed by atoms with Gasteiger partial charge in [0.2, 0.25) is 0 Å². The smallest absolute Gasteiger partial charge is 1.00 e. The molecule has 6 nitrogen and oxygen atoms in total. The molecule has 152 valence electrons. The molecule has 0 atom stereocenters. The molecule has 0 aromatic rings. The summed E-state index contributed by atoms with van der Waals surface area (Å²) >= 11 is 0. The number of unbranched alkanes of at least 4 members (excludes halogenated alkanes) is 4. The van der Waals surface area contributed by atoms with Crippen molar-refractivity contribution in [2.75, 3.05) is 26.2 Å². The van der Waals surface area contributed by atoms with Crippen LogP contribution in [0, 0.1) is 0 Å². The fourth-order valence-electron chi connectivity index (χ4n) is 2.64. The van der Waals surface area contributed by atoms with E-state index in [9.17, 15) is 0 Å². The van der Waals surface area contributed by atoms with Crippen LogP contribution >= 0.6 is 7.82 Å². The standard InChI is InChI=1S/C16H36N.BrH.K.H3O4P.H2O/c1-5-9-13-17(14-10-6-2,15-11-7-3)16-12-8-4;;;1-5(2,3)4;/h5-16H2,1-4H3;1H;;(H3,1,2,3,4);1H2/q+1;;+1;;/p-2. The summed E-state index contributed by atoms with van der Waals surface area (Å²) in [4.78, 5) is 22.9. The normalized spacial score (nSPS) is 10.5. The third kappa shape index (κ3) is 31.1. The molecular formula is C16H40BrKNO5P. The molecule has 0 amide bonds. The number of hydrogen-bond donors (Lipinski definition) is 2. The minimum absolute atomic E-state index is 0. The molecule has 0 radical (unpaired) electrons. The Morgan fingerprint density at radius 2 is 0.920 bits per heavy atom. The van der Waals surface area contributed by atoms with Crippen LogP contribution in [-0.4, -0.2) is 45.9 Å². The Kier molecular flexibility index (Phi) is 36.6. The Bertz CT molecular complexity index is 250. The van der Waals surface area contributed by atoms with Gasteiger partial charge in [-0.3, -0.25) is 4.57 Å². The van der Waals surface area contributed by atoms with Gasteiger partial charge in [-0.05, 0) is 25.7 Å². The van der Waals surface area contributed by atoms with Crippen molar-refractivity contribution in [3.8, 4) is 0 Å². The van der Waals surface area contributed by atoms with Crippen LogP contribution in [0.2, 0.25) is 0 Å². The zero-order chi connectivity index (χ0) is 17.5. The van der Waals surface area contributed by atoms with Gasteiger partial charge in [-0.1, -0.05) is 53.4 Å². The van der Waals surface area contributed by atoms with E-state index in [1.54, 1.807) is 0 Å². The molecule has 25 heavy (non-hydrogen) atoms. The molecule has 0 heterocycles. The van der Waals surface area contributed by atoms with Crippen LogP contribution in [0.3, 0.4) is 0 Å². The third-order valence-electron chi connectivity index (χ3n) is 3.94. The number of halogens is 1. The fourth-order valence-corrected chi connectivity index (χ4v) is 2.64. The second-order valence-corrected chi connectivity index (χ2v) is 7.12. The van der Waals surface area contributed by atoms with Crippen LogP contribution in [-0.2, 0) is 4.57 Å². The molecule has 0 rings (SSSR count). The summed E-state index contributed by atoms with van der Waals surface area (Å²) in [5.74, 6) is 0. The van der Waals surface area contributed by atoms with E-state index in [0.717, 1.165) is 0 Å². The first-order chi connectivity index (χ1) is 10.2. The molecule has 0 fully saturated rings. The second-order valence-electron chi connectivity index (χ2n) is 6.14. The van der Waals surface area contributed by atoms with E-state index in [-0.39, 0.29) is 73.8 Å². The van der Waals surface area contributed by atoms with Crippen LogP contribution in [0.5, 0.6) is 0 Å². The van der Waals surface area contributed by atoms with Crippen LogP contribution < -0.4 is 73.3 Å². The number of nitrogens with zero attached hydrogens (tertiary/aromatic N) is 1. The first kappa shape index (κ1) is 37.8. The number of phosphoric acid groups is 1. The average molecular weight is 476 g/mol. The van der Waals surface area contributed by atoms with E-state index in [1.165, 1.54) is 82.0 Å². The summed E-state index contributed by atoms with van der Waals surface area (Å²) in [6.07, 6.45) is 11.1. The van der Waals surface area contributed by atoms with Gasteiger partial charge in [0.15, 0.2) is 0 Å². The molecule has 0 aliphatic heterocycles. The van der Waals surface area contributed by atoms with Crippen molar-refractivity contribution in [2.45, 2.75) is 79.1 Å². The zero-order valence-electron chi connectivity index (χ0n) is 17.0. The number of quaternary nitrogens is 1. The monoisotopic (exact) mass is 475 g/mol. The van der Waals surface area contributed by atoms with Crippen molar-refractivity contribution in [3.63, 3.8) is 0 Å². The Balaban J connectivity index is -0.000000147. The molecule has 4 N–H and O–H groups in total. The SMILES string of the molecule is CCCC[N+](CCCC)(CCCC)CCCC.O.O=P([O-])(O)O.[Br-].[K+]. The van der Waals surface area contributed by atoms with Gasteiger partial charge in [-0.2, -0.15) is 0 Å². The zero-order valence-corrected chi connectivity index (χ0v) is 22.6. The Hall–Kier alpha value is 2.15. The van der Waals surface area contributed by atoms with Crippen LogP contribution in [0.15, 0.2) is 0 Å². The van der Waals surface area contributed by atoms with Crippen LogP contribution in [0.4, 0.5) is 0 Å². The van der Waals surface area contributed by atoms with Crippen molar-refractivity contribution < 1.29 is 97.6 Å². The molecule has 0 bridgehead atoms. The first-order valence-electron chi connectivity index (χ1n) is 8.86. The van der Waals surface area contributed by atoms with E-state index < -0.39 is 7.82 Å². The molecule has 0 aromatic carbocycles. The van der Waals surface area contributed by atoms with Gasteiger partial charge in [-0.15, -0.1) is 0 Å². The van der Waals surface area contributed by atoms with Crippen molar-refractivity contribution in [3.05, 3.63) is 0 Å². The van der Waals surface area contributed by atoms with E-state index in [0.29, 0.717) is 0 Å². The van der Waals surface area contributed by atoms with E-state index in [2.05, 4.69) is 27.7 Å². The molecule has 0 saturated carbocycles. The quantitative estimate of drug-likeness (QED) is 0.174. The summed E-state index contributed by atoms with van der Waals surface area (Å²) in [6, 6.07) is 0. The molecule has 0 aliphatic rings. The van der Waals surface area contributed by atoms with E-state index >= 15 is 0 Å². The number of hydrogen-bond acceptors (Lipinski definition) is 2. The van der Waals surface area contributed by atoms with E-state index in [4.69, 9.17) is 19.2 Å². The minimum Gasteiger partial charge on any atom is -1.00 e. The van der Waals surface area contributed by atoms with E-state index in [1.807, 2.05) is 0 Å². The Labute approximate surface area is 208 Å². The summed E-state index contributed by atoms with van der Waals surface area (Å²) in [5, 5.41) is 0. The summed E-state index contributed by atoms with van der Waals surface area (Å²) in [6.45, 7) is 15.0. The fraction of sp³-hybridized carbons (Fsp3) is 1.00. The molecular weight excluding hydrogens is 436 g/mol. The molecule has 0 unspecified atom stereocenters. The van der Waals surface area contributed by atoms with Gasteiger partial charge in [0, 0.05) is 0 Å². The third-order valence-corrected chi connectivity index (χ3v) is 3.94. The first-order valence-corrected chi connectivity index (χ1v) is 10.4. The van der Waals surface area contributed by atoms with Crippen LogP contribution in [0.25, 0.3) is 0 Å². The molecule has 0 aromatic heterocycles. The van der Waals surface area contributed by atoms with Gasteiger partial charge in [0.1, 0.15) is 0 Å². The summed E-state index contributed by atoms with van der Waals surface area (Å²) < 4.78 is 10.2. The molecule has 9 heteroatoms. The summed E-state index contributed by atoms with van der Waals surface area (Å²) in [7, 11) is -4.89. The van der Waals surface area contributed by atoms with Gasteiger partial charge in [0.05, 0.1) is 26.2 Å². The minimum atomic E-state index is -4.89. The van der Waals surface area contributed by atoms with Crippen molar-refractivity contribution in [1.82, 2.24) is 0 Å². The maximum absolute atomic E-state index is 8.77. The maximum Gasteiger partial charge on any atom is 1.00 e. The maximum atomic E-state index is 8.77. The Morgan fingerprint density at radius 1 is 0.760 bits per heavy atom. The predicted molar refractivity (Wildman–Crippen MR) is 95.0 cm³/mol. The molecule has 0 aliphatic carbocycles. The second kappa shape index (κ2) is 24.2. The van der Waals surface area contributed by atoms with Crippen molar-refractivity contribution in [2.24, 2.45) is 0 Å². The largest absolute Gasteiger partial charge is 1.00 e.